The summed E-state index contributed by atoms with van der Waals surface area (Å²) in [6.07, 6.45) is 3.37. The Morgan fingerprint density at radius 2 is 2.00 bits per heavy atom. The molecule has 1 heterocycles. The lowest BCUT2D eigenvalue weighted by Crippen LogP contribution is -2.31. The van der Waals surface area contributed by atoms with Crippen molar-refractivity contribution in [3.05, 3.63) is 27.7 Å². The van der Waals surface area contributed by atoms with Crippen LogP contribution in [0.5, 0.6) is 5.75 Å². The SMILES string of the molecule is CCCNC1c2cc(Cl)cc(Cl)c2OC1CCC. The van der Waals surface area contributed by atoms with Crippen LogP contribution < -0.4 is 10.1 Å². The molecule has 4 heteroatoms. The lowest BCUT2D eigenvalue weighted by atomic mass is 10.0. The summed E-state index contributed by atoms with van der Waals surface area (Å²) >= 11 is 12.3. The van der Waals surface area contributed by atoms with Gasteiger partial charge in [0.25, 0.3) is 0 Å². The second-order valence-electron chi connectivity index (χ2n) is 4.68. The third kappa shape index (κ3) is 2.76. The molecule has 0 amide bonds. The van der Waals surface area contributed by atoms with Crippen molar-refractivity contribution >= 4 is 23.2 Å². The monoisotopic (exact) mass is 287 g/mol. The van der Waals surface area contributed by atoms with E-state index in [1.807, 2.05) is 6.07 Å². The second-order valence-corrected chi connectivity index (χ2v) is 5.53. The minimum absolute atomic E-state index is 0.160. The van der Waals surface area contributed by atoms with Gasteiger partial charge in [-0.1, -0.05) is 43.5 Å². The molecule has 1 aliphatic heterocycles. The van der Waals surface area contributed by atoms with Gasteiger partial charge in [0.2, 0.25) is 0 Å². The van der Waals surface area contributed by atoms with Gasteiger partial charge in [0.15, 0.2) is 0 Å². The molecule has 1 aliphatic rings. The van der Waals surface area contributed by atoms with Gasteiger partial charge in [-0.25, -0.2) is 0 Å². The summed E-state index contributed by atoms with van der Waals surface area (Å²) in [6, 6.07) is 3.91. The van der Waals surface area contributed by atoms with Gasteiger partial charge in [0.1, 0.15) is 11.9 Å². The predicted molar refractivity (Wildman–Crippen MR) is 76.8 cm³/mol. The average molecular weight is 288 g/mol. The first-order chi connectivity index (χ1) is 8.67. The fraction of sp³-hybridized carbons (Fsp3) is 0.571. The molecule has 0 fully saturated rings. The molecule has 2 rings (SSSR count). The molecule has 2 atom stereocenters. The molecule has 0 radical (unpaired) electrons. The topological polar surface area (TPSA) is 21.3 Å². The third-order valence-corrected chi connectivity index (χ3v) is 3.70. The molecule has 2 nitrogen and oxygen atoms in total. The number of halogens is 2. The third-order valence-electron chi connectivity index (χ3n) is 3.20. The van der Waals surface area contributed by atoms with E-state index in [-0.39, 0.29) is 12.1 Å². The molecule has 1 N–H and O–H groups in total. The Morgan fingerprint density at radius 1 is 1.22 bits per heavy atom. The van der Waals surface area contributed by atoms with Crippen LogP contribution in [0.4, 0.5) is 0 Å². The molecule has 0 aliphatic carbocycles. The highest BCUT2D eigenvalue weighted by atomic mass is 35.5. The molecular formula is C14H19Cl2NO. The van der Waals surface area contributed by atoms with Crippen molar-refractivity contribution < 1.29 is 4.74 Å². The smallest absolute Gasteiger partial charge is 0.143 e. The van der Waals surface area contributed by atoms with Crippen molar-refractivity contribution in [1.29, 1.82) is 0 Å². The molecular weight excluding hydrogens is 269 g/mol. The van der Waals surface area contributed by atoms with E-state index >= 15 is 0 Å². The first-order valence-electron chi connectivity index (χ1n) is 6.56. The number of hydrogen-bond donors (Lipinski definition) is 1. The van der Waals surface area contributed by atoms with Gasteiger partial charge in [-0.05, 0) is 31.5 Å². The highest BCUT2D eigenvalue weighted by Crippen LogP contribution is 2.44. The molecule has 0 spiro atoms. The van der Waals surface area contributed by atoms with Crippen molar-refractivity contribution in [3.63, 3.8) is 0 Å². The zero-order valence-corrected chi connectivity index (χ0v) is 12.3. The van der Waals surface area contributed by atoms with Crippen LogP contribution in [0.3, 0.4) is 0 Å². The van der Waals surface area contributed by atoms with E-state index < -0.39 is 0 Å². The normalized spacial score (nSPS) is 21.8. The summed E-state index contributed by atoms with van der Waals surface area (Å²) in [7, 11) is 0. The van der Waals surface area contributed by atoms with E-state index in [2.05, 4.69) is 19.2 Å². The maximum atomic E-state index is 6.20. The summed E-state index contributed by atoms with van der Waals surface area (Å²) in [5.74, 6) is 0.799. The van der Waals surface area contributed by atoms with E-state index in [1.54, 1.807) is 6.07 Å². The average Bonchev–Trinajstić information content (AvgIpc) is 2.65. The minimum Gasteiger partial charge on any atom is -0.487 e. The number of fused-ring (bicyclic) bond motifs is 1. The number of benzene rings is 1. The second kappa shape index (κ2) is 6.14. The zero-order valence-electron chi connectivity index (χ0n) is 10.8. The van der Waals surface area contributed by atoms with Crippen LogP contribution in [-0.4, -0.2) is 12.6 Å². The van der Waals surface area contributed by atoms with Gasteiger partial charge in [0, 0.05) is 10.6 Å². The van der Waals surface area contributed by atoms with Gasteiger partial charge in [0.05, 0.1) is 11.1 Å². The molecule has 0 bridgehead atoms. The molecule has 2 unspecified atom stereocenters. The summed E-state index contributed by atoms with van der Waals surface area (Å²) in [5.41, 5.74) is 1.10. The Bertz CT molecular complexity index is 423. The Hall–Kier alpha value is -0.440. The number of ether oxygens (including phenoxy) is 1. The zero-order chi connectivity index (χ0) is 13.1. The fourth-order valence-corrected chi connectivity index (χ4v) is 2.96. The number of hydrogen-bond acceptors (Lipinski definition) is 2. The molecule has 0 saturated carbocycles. The van der Waals surface area contributed by atoms with E-state index in [0.717, 1.165) is 37.1 Å². The van der Waals surface area contributed by atoms with Gasteiger partial charge in [-0.2, -0.15) is 0 Å². The summed E-state index contributed by atoms with van der Waals surface area (Å²) in [4.78, 5) is 0. The lowest BCUT2D eigenvalue weighted by molar-refractivity contribution is 0.178. The lowest BCUT2D eigenvalue weighted by Gasteiger charge is -2.19. The first-order valence-corrected chi connectivity index (χ1v) is 7.32. The standard InChI is InChI=1S/C14H19Cl2NO/c1-3-5-12-13(17-6-4-2)10-7-9(15)8-11(16)14(10)18-12/h7-8,12-13,17H,3-6H2,1-2H3. The fourth-order valence-electron chi connectivity index (χ4n) is 2.41. The molecule has 1 aromatic carbocycles. The summed E-state index contributed by atoms with van der Waals surface area (Å²) in [6.45, 7) is 5.29. The summed E-state index contributed by atoms with van der Waals surface area (Å²) < 4.78 is 5.99. The minimum atomic E-state index is 0.160. The maximum Gasteiger partial charge on any atom is 0.143 e. The van der Waals surface area contributed by atoms with Gasteiger partial charge in [-0.15, -0.1) is 0 Å². The van der Waals surface area contributed by atoms with Crippen molar-refractivity contribution in [2.24, 2.45) is 0 Å². The van der Waals surface area contributed by atoms with Crippen LogP contribution in [-0.2, 0) is 0 Å². The maximum absolute atomic E-state index is 6.20. The van der Waals surface area contributed by atoms with Gasteiger partial charge in [-0.3, -0.25) is 0 Å². The van der Waals surface area contributed by atoms with Crippen LogP contribution in [0.2, 0.25) is 10.0 Å². The highest BCUT2D eigenvalue weighted by Gasteiger charge is 2.35. The summed E-state index contributed by atoms with van der Waals surface area (Å²) in [5, 5.41) is 4.81. The molecule has 1 aromatic rings. The quantitative estimate of drug-likeness (QED) is 0.855. The van der Waals surface area contributed by atoms with Gasteiger partial charge < -0.3 is 10.1 Å². The molecule has 0 saturated heterocycles. The molecule has 100 valence electrons. The highest BCUT2D eigenvalue weighted by molar-refractivity contribution is 6.35. The molecule has 0 aromatic heterocycles. The van der Waals surface area contributed by atoms with Crippen LogP contribution in [0.1, 0.15) is 44.7 Å². The Morgan fingerprint density at radius 3 is 2.67 bits per heavy atom. The van der Waals surface area contributed by atoms with Crippen molar-refractivity contribution in [3.8, 4) is 5.75 Å². The van der Waals surface area contributed by atoms with Crippen LogP contribution in [0.15, 0.2) is 12.1 Å². The van der Waals surface area contributed by atoms with Crippen LogP contribution in [0.25, 0.3) is 0 Å². The van der Waals surface area contributed by atoms with Crippen molar-refractivity contribution in [1.82, 2.24) is 5.32 Å². The Balaban J connectivity index is 2.29. The van der Waals surface area contributed by atoms with Crippen LogP contribution >= 0.6 is 23.2 Å². The van der Waals surface area contributed by atoms with E-state index in [0.29, 0.717) is 10.0 Å². The number of rotatable bonds is 5. The van der Waals surface area contributed by atoms with Gasteiger partial charge >= 0.3 is 0 Å². The Labute approximate surface area is 119 Å². The predicted octanol–water partition coefficient (Wildman–Crippen LogP) is 4.60. The first kappa shape index (κ1) is 14.0. The molecule has 18 heavy (non-hydrogen) atoms. The number of nitrogens with one attached hydrogen (secondary N) is 1. The van der Waals surface area contributed by atoms with E-state index in [9.17, 15) is 0 Å². The van der Waals surface area contributed by atoms with Crippen LogP contribution in [0, 0.1) is 0 Å². The van der Waals surface area contributed by atoms with Crippen molar-refractivity contribution in [2.75, 3.05) is 6.54 Å². The Kier molecular flexibility index (Phi) is 4.77. The van der Waals surface area contributed by atoms with E-state index in [1.165, 1.54) is 0 Å². The van der Waals surface area contributed by atoms with Crippen molar-refractivity contribution in [2.45, 2.75) is 45.3 Å². The largest absolute Gasteiger partial charge is 0.487 e. The van der Waals surface area contributed by atoms with E-state index in [4.69, 9.17) is 27.9 Å².